The monoisotopic (exact) mass is 231 g/mol. The van der Waals surface area contributed by atoms with Gasteiger partial charge in [0.2, 0.25) is 0 Å². The summed E-state index contributed by atoms with van der Waals surface area (Å²) >= 11 is 1.09. The van der Waals surface area contributed by atoms with Crippen molar-refractivity contribution in [3.8, 4) is 6.07 Å². The minimum Gasteiger partial charge on any atom is -0.245 e. The third-order valence-electron chi connectivity index (χ3n) is 1.81. The van der Waals surface area contributed by atoms with Gasteiger partial charge in [0.1, 0.15) is 16.9 Å². The van der Waals surface area contributed by atoms with Crippen LogP contribution < -0.4 is 0 Å². The summed E-state index contributed by atoms with van der Waals surface area (Å²) in [6, 6.07) is 8.26. The highest BCUT2D eigenvalue weighted by atomic mass is 32.2. The third-order valence-corrected chi connectivity index (χ3v) is 2.86. The second-order valence-corrected chi connectivity index (χ2v) is 3.89. The molecule has 0 aliphatic carbocycles. The van der Waals surface area contributed by atoms with Crippen molar-refractivity contribution in [3.05, 3.63) is 48.2 Å². The lowest BCUT2D eigenvalue weighted by atomic mass is 10.3. The van der Waals surface area contributed by atoms with Gasteiger partial charge in [0.25, 0.3) is 0 Å². The van der Waals surface area contributed by atoms with Gasteiger partial charge in [-0.3, -0.25) is 0 Å². The average Bonchev–Trinajstić information content (AvgIpc) is 2.33. The van der Waals surface area contributed by atoms with Crippen LogP contribution in [0.25, 0.3) is 0 Å². The first kappa shape index (κ1) is 10.6. The molecule has 0 bridgehead atoms. The predicted molar refractivity (Wildman–Crippen MR) is 57.3 cm³/mol. The van der Waals surface area contributed by atoms with Gasteiger partial charge >= 0.3 is 0 Å². The Kier molecular flexibility index (Phi) is 3.13. The van der Waals surface area contributed by atoms with Gasteiger partial charge in [0, 0.05) is 17.3 Å². The topological polar surface area (TPSA) is 49.6 Å². The highest BCUT2D eigenvalue weighted by molar-refractivity contribution is 7.99. The number of nitriles is 1. The zero-order chi connectivity index (χ0) is 11.4. The molecule has 2 rings (SSSR count). The van der Waals surface area contributed by atoms with Gasteiger partial charge in [-0.05, 0) is 12.1 Å². The Labute approximate surface area is 96.0 Å². The molecule has 0 saturated heterocycles. The number of rotatable bonds is 2. The van der Waals surface area contributed by atoms with Crippen molar-refractivity contribution >= 4 is 11.8 Å². The van der Waals surface area contributed by atoms with E-state index in [2.05, 4.69) is 9.97 Å². The molecular formula is C11H6FN3S. The molecule has 0 aliphatic rings. The normalized spacial score (nSPS) is 9.75. The molecule has 0 N–H and O–H groups in total. The van der Waals surface area contributed by atoms with Crippen molar-refractivity contribution in [1.29, 1.82) is 5.26 Å². The molecule has 0 atom stereocenters. The lowest BCUT2D eigenvalue weighted by molar-refractivity contribution is 0.602. The number of hydrogen-bond donors (Lipinski definition) is 0. The van der Waals surface area contributed by atoms with Gasteiger partial charge in [-0.25, -0.2) is 14.4 Å². The fourth-order valence-corrected chi connectivity index (χ4v) is 1.94. The molecular weight excluding hydrogens is 225 g/mol. The highest BCUT2D eigenvalue weighted by Crippen LogP contribution is 2.29. The van der Waals surface area contributed by atoms with Crippen molar-refractivity contribution in [2.24, 2.45) is 0 Å². The zero-order valence-electron chi connectivity index (χ0n) is 8.09. The number of nitrogens with zero attached hydrogens (tertiary/aromatic N) is 3. The van der Waals surface area contributed by atoms with E-state index in [0.717, 1.165) is 11.8 Å². The molecule has 1 aromatic carbocycles. The Hall–Kier alpha value is -1.93. The van der Waals surface area contributed by atoms with Gasteiger partial charge in [-0.2, -0.15) is 5.26 Å². The average molecular weight is 231 g/mol. The fraction of sp³-hybridized carbons (Fsp3) is 0. The van der Waals surface area contributed by atoms with Gasteiger partial charge in [-0.15, -0.1) is 0 Å². The molecule has 0 unspecified atom stereocenters. The molecule has 5 heteroatoms. The first-order chi connectivity index (χ1) is 7.81. The molecule has 0 fully saturated rings. The first-order valence-electron chi connectivity index (χ1n) is 4.45. The van der Waals surface area contributed by atoms with Crippen molar-refractivity contribution < 1.29 is 4.39 Å². The van der Waals surface area contributed by atoms with Crippen LogP contribution in [0.1, 0.15) is 5.69 Å². The van der Waals surface area contributed by atoms with Crippen LogP contribution in [0.5, 0.6) is 0 Å². The third kappa shape index (κ3) is 2.18. The SMILES string of the molecule is N#Cc1nccnc1Sc1ccccc1F. The van der Waals surface area contributed by atoms with Gasteiger partial charge < -0.3 is 0 Å². The Bertz CT molecular complexity index is 551. The second kappa shape index (κ2) is 4.73. The summed E-state index contributed by atoms with van der Waals surface area (Å²) in [6.07, 6.45) is 2.91. The van der Waals surface area contributed by atoms with Crippen LogP contribution in [-0.2, 0) is 0 Å². The molecule has 78 valence electrons. The fourth-order valence-electron chi connectivity index (χ4n) is 1.11. The smallest absolute Gasteiger partial charge is 0.173 e. The van der Waals surface area contributed by atoms with Gasteiger partial charge in [-0.1, -0.05) is 23.9 Å². The summed E-state index contributed by atoms with van der Waals surface area (Å²) in [6.45, 7) is 0. The largest absolute Gasteiger partial charge is 0.245 e. The minimum atomic E-state index is -0.331. The van der Waals surface area contributed by atoms with Crippen molar-refractivity contribution in [1.82, 2.24) is 9.97 Å². The van der Waals surface area contributed by atoms with E-state index in [1.165, 1.54) is 18.5 Å². The van der Waals surface area contributed by atoms with E-state index in [-0.39, 0.29) is 11.5 Å². The zero-order valence-corrected chi connectivity index (χ0v) is 8.91. The maximum absolute atomic E-state index is 13.4. The van der Waals surface area contributed by atoms with Crippen LogP contribution in [0, 0.1) is 17.1 Å². The first-order valence-corrected chi connectivity index (χ1v) is 5.26. The Morgan fingerprint density at radius 1 is 1.19 bits per heavy atom. The van der Waals surface area contributed by atoms with E-state index in [4.69, 9.17) is 5.26 Å². The molecule has 3 nitrogen and oxygen atoms in total. The van der Waals surface area contributed by atoms with E-state index in [1.807, 2.05) is 6.07 Å². The number of hydrogen-bond acceptors (Lipinski definition) is 4. The number of aromatic nitrogens is 2. The van der Waals surface area contributed by atoms with E-state index < -0.39 is 0 Å². The molecule has 0 aliphatic heterocycles. The van der Waals surface area contributed by atoms with Crippen LogP contribution in [-0.4, -0.2) is 9.97 Å². The minimum absolute atomic E-state index is 0.204. The van der Waals surface area contributed by atoms with Gasteiger partial charge in [0.05, 0.1) is 0 Å². The molecule has 16 heavy (non-hydrogen) atoms. The predicted octanol–water partition coefficient (Wildman–Crippen LogP) is 2.64. The molecule has 0 spiro atoms. The molecule has 0 radical (unpaired) electrons. The quantitative estimate of drug-likeness (QED) is 0.797. The van der Waals surface area contributed by atoms with Crippen molar-refractivity contribution in [2.45, 2.75) is 9.92 Å². The van der Waals surface area contributed by atoms with Crippen molar-refractivity contribution in [3.63, 3.8) is 0 Å². The van der Waals surface area contributed by atoms with Crippen LogP contribution in [0.3, 0.4) is 0 Å². The molecule has 1 aromatic heterocycles. The highest BCUT2D eigenvalue weighted by Gasteiger charge is 2.08. The Balaban J connectivity index is 2.35. The second-order valence-electron chi connectivity index (χ2n) is 2.85. The van der Waals surface area contributed by atoms with E-state index in [1.54, 1.807) is 18.2 Å². The number of benzene rings is 1. The summed E-state index contributed by atoms with van der Waals surface area (Å²) in [4.78, 5) is 8.28. The Morgan fingerprint density at radius 3 is 2.69 bits per heavy atom. The van der Waals surface area contributed by atoms with Gasteiger partial charge in [0.15, 0.2) is 5.69 Å². The lowest BCUT2D eigenvalue weighted by Gasteiger charge is -2.02. The molecule has 2 aromatic rings. The molecule has 0 saturated carbocycles. The van der Waals surface area contributed by atoms with E-state index in [0.29, 0.717) is 9.92 Å². The van der Waals surface area contributed by atoms with Crippen LogP contribution in [0.2, 0.25) is 0 Å². The van der Waals surface area contributed by atoms with Crippen LogP contribution >= 0.6 is 11.8 Å². The number of halogens is 1. The maximum atomic E-state index is 13.4. The molecule has 0 amide bonds. The van der Waals surface area contributed by atoms with E-state index >= 15 is 0 Å². The van der Waals surface area contributed by atoms with Crippen LogP contribution in [0.15, 0.2) is 46.6 Å². The maximum Gasteiger partial charge on any atom is 0.173 e. The lowest BCUT2D eigenvalue weighted by Crippen LogP contribution is -1.90. The standard InChI is InChI=1S/C11H6FN3S/c12-8-3-1-2-4-10(8)16-11-9(7-13)14-5-6-15-11/h1-6H. The van der Waals surface area contributed by atoms with E-state index in [9.17, 15) is 4.39 Å². The summed E-state index contributed by atoms with van der Waals surface area (Å²) < 4.78 is 13.4. The Morgan fingerprint density at radius 2 is 1.94 bits per heavy atom. The van der Waals surface area contributed by atoms with Crippen LogP contribution in [0.4, 0.5) is 4.39 Å². The summed E-state index contributed by atoms with van der Waals surface area (Å²) in [5, 5.41) is 9.22. The van der Waals surface area contributed by atoms with Crippen molar-refractivity contribution in [2.75, 3.05) is 0 Å². The molecule has 1 heterocycles. The summed E-state index contributed by atoms with van der Waals surface area (Å²) in [5.41, 5.74) is 0.204. The summed E-state index contributed by atoms with van der Waals surface area (Å²) in [5.74, 6) is -0.331. The summed E-state index contributed by atoms with van der Waals surface area (Å²) in [7, 11) is 0.